The zero-order valence-corrected chi connectivity index (χ0v) is 12.4. The average Bonchev–Trinajstić information content (AvgIpc) is 2.94. The van der Waals surface area contributed by atoms with Gasteiger partial charge < -0.3 is 0 Å². The maximum atomic E-state index is 12.3. The largest absolute Gasteiger partial charge is 0.298 e. The van der Waals surface area contributed by atoms with Gasteiger partial charge in [0.15, 0.2) is 5.25 Å². The maximum absolute atomic E-state index is 12.3. The highest BCUT2D eigenvalue weighted by molar-refractivity contribution is 7.90. The lowest BCUT2D eigenvalue weighted by Gasteiger charge is -2.37. The first kappa shape index (κ1) is 14.8. The van der Waals surface area contributed by atoms with Crippen molar-refractivity contribution >= 4 is 10.0 Å². The van der Waals surface area contributed by atoms with Crippen LogP contribution in [0.1, 0.15) is 39.0 Å². The van der Waals surface area contributed by atoms with Crippen molar-refractivity contribution in [1.82, 2.24) is 9.21 Å². The summed E-state index contributed by atoms with van der Waals surface area (Å²) in [6.45, 7) is 4.45. The number of hydrogen-bond acceptors (Lipinski definition) is 4. The Kier molecular flexibility index (Phi) is 4.82. The first-order valence-corrected chi connectivity index (χ1v) is 8.72. The van der Waals surface area contributed by atoms with Crippen molar-refractivity contribution < 1.29 is 8.42 Å². The highest BCUT2D eigenvalue weighted by Gasteiger charge is 2.35. The van der Waals surface area contributed by atoms with Gasteiger partial charge in [-0.25, -0.2) is 8.42 Å². The Hall–Kier alpha value is -0.640. The van der Waals surface area contributed by atoms with Crippen LogP contribution in [0.2, 0.25) is 0 Å². The summed E-state index contributed by atoms with van der Waals surface area (Å²) in [5.41, 5.74) is 0. The minimum absolute atomic E-state index is 0.363. The van der Waals surface area contributed by atoms with Gasteiger partial charge in [-0.3, -0.25) is 4.90 Å². The molecule has 1 aliphatic carbocycles. The zero-order valence-electron chi connectivity index (χ0n) is 11.6. The van der Waals surface area contributed by atoms with E-state index in [9.17, 15) is 8.42 Å². The van der Waals surface area contributed by atoms with Crippen molar-refractivity contribution in [3.05, 3.63) is 0 Å². The lowest BCUT2D eigenvalue weighted by atomic mass is 10.2. The van der Waals surface area contributed by atoms with Crippen molar-refractivity contribution in [2.24, 2.45) is 0 Å². The van der Waals surface area contributed by atoms with E-state index < -0.39 is 15.3 Å². The maximum Gasteiger partial charge on any atom is 0.230 e. The minimum atomic E-state index is -3.43. The first-order chi connectivity index (χ1) is 9.09. The molecule has 2 rings (SSSR count). The second-order valence-electron chi connectivity index (χ2n) is 5.44. The van der Waals surface area contributed by atoms with Gasteiger partial charge in [-0.15, -0.1) is 0 Å². The van der Waals surface area contributed by atoms with Crippen LogP contribution in [0, 0.1) is 11.3 Å². The molecule has 2 aliphatic rings. The average molecular weight is 285 g/mol. The summed E-state index contributed by atoms with van der Waals surface area (Å²) >= 11 is 0. The Morgan fingerprint density at radius 2 is 1.79 bits per heavy atom. The molecule has 19 heavy (non-hydrogen) atoms. The van der Waals surface area contributed by atoms with Gasteiger partial charge in [0.25, 0.3) is 0 Å². The molecule has 5 nitrogen and oxygen atoms in total. The summed E-state index contributed by atoms with van der Waals surface area (Å²) < 4.78 is 26.0. The van der Waals surface area contributed by atoms with E-state index >= 15 is 0 Å². The first-order valence-electron chi connectivity index (χ1n) is 7.22. The Balaban J connectivity index is 1.94. The van der Waals surface area contributed by atoms with Crippen LogP contribution in [0.5, 0.6) is 0 Å². The third-order valence-corrected chi connectivity index (χ3v) is 6.59. The molecule has 1 saturated heterocycles. The van der Waals surface area contributed by atoms with Gasteiger partial charge in [0.2, 0.25) is 10.0 Å². The molecule has 1 aliphatic heterocycles. The minimum Gasteiger partial charge on any atom is -0.298 e. The van der Waals surface area contributed by atoms with Crippen LogP contribution in [0.25, 0.3) is 0 Å². The SMILES string of the molecule is CCC(C#N)S(=O)(=O)N1CCN(C2CCCC2)CC1. The molecule has 2 fully saturated rings. The van der Waals surface area contributed by atoms with Crippen molar-refractivity contribution in [2.75, 3.05) is 26.2 Å². The van der Waals surface area contributed by atoms with E-state index in [0.717, 1.165) is 13.1 Å². The third-order valence-electron chi connectivity index (χ3n) is 4.35. The van der Waals surface area contributed by atoms with Crippen LogP contribution in [0.4, 0.5) is 0 Å². The number of nitriles is 1. The number of piperazine rings is 1. The second kappa shape index (κ2) is 6.21. The predicted octanol–water partition coefficient (Wildman–Crippen LogP) is 1.18. The normalized spacial score (nSPS) is 25.3. The van der Waals surface area contributed by atoms with E-state index in [0.29, 0.717) is 25.6 Å². The molecule has 6 heteroatoms. The van der Waals surface area contributed by atoms with Gasteiger partial charge >= 0.3 is 0 Å². The number of sulfonamides is 1. The van der Waals surface area contributed by atoms with E-state index in [1.54, 1.807) is 6.92 Å². The lowest BCUT2D eigenvalue weighted by Crippen LogP contribution is -2.53. The smallest absolute Gasteiger partial charge is 0.230 e. The van der Waals surface area contributed by atoms with Crippen molar-refractivity contribution in [1.29, 1.82) is 5.26 Å². The van der Waals surface area contributed by atoms with Gasteiger partial charge in [-0.2, -0.15) is 9.57 Å². The fraction of sp³-hybridized carbons (Fsp3) is 0.923. The predicted molar refractivity (Wildman–Crippen MR) is 74.0 cm³/mol. The Morgan fingerprint density at radius 3 is 2.26 bits per heavy atom. The molecule has 1 unspecified atom stereocenters. The van der Waals surface area contributed by atoms with Gasteiger partial charge in [0, 0.05) is 32.2 Å². The molecule has 108 valence electrons. The van der Waals surface area contributed by atoms with Crippen molar-refractivity contribution in [3.8, 4) is 6.07 Å². The Morgan fingerprint density at radius 1 is 1.21 bits per heavy atom. The van der Waals surface area contributed by atoms with Crippen LogP contribution >= 0.6 is 0 Å². The molecule has 0 radical (unpaired) electrons. The number of hydrogen-bond donors (Lipinski definition) is 0. The Bertz CT molecular complexity index is 429. The molecular formula is C13H23N3O2S. The van der Waals surface area contributed by atoms with Crippen LogP contribution in [-0.2, 0) is 10.0 Å². The van der Waals surface area contributed by atoms with Gasteiger partial charge in [-0.1, -0.05) is 19.8 Å². The third kappa shape index (κ3) is 3.10. The fourth-order valence-corrected chi connectivity index (χ4v) is 4.73. The summed E-state index contributed by atoms with van der Waals surface area (Å²) in [6.07, 6.45) is 5.47. The molecule has 0 aromatic carbocycles. The van der Waals surface area contributed by atoms with Crippen molar-refractivity contribution in [2.45, 2.75) is 50.3 Å². The van der Waals surface area contributed by atoms with Gasteiger partial charge in [0.05, 0.1) is 6.07 Å². The fourth-order valence-electron chi connectivity index (χ4n) is 3.14. The highest BCUT2D eigenvalue weighted by atomic mass is 32.2. The molecule has 0 N–H and O–H groups in total. The molecule has 0 aromatic rings. The summed E-state index contributed by atoms with van der Waals surface area (Å²) in [6, 6.07) is 2.57. The molecule has 1 heterocycles. The molecule has 0 spiro atoms. The topological polar surface area (TPSA) is 64.4 Å². The van der Waals surface area contributed by atoms with Gasteiger partial charge in [-0.05, 0) is 19.3 Å². The summed E-state index contributed by atoms with van der Waals surface area (Å²) in [7, 11) is -3.43. The monoisotopic (exact) mass is 285 g/mol. The zero-order chi connectivity index (χ0) is 13.9. The van der Waals surface area contributed by atoms with E-state index in [4.69, 9.17) is 5.26 Å². The molecule has 0 bridgehead atoms. The van der Waals surface area contributed by atoms with Crippen LogP contribution in [0.3, 0.4) is 0 Å². The van der Waals surface area contributed by atoms with Crippen LogP contribution in [-0.4, -0.2) is 55.1 Å². The Labute approximate surface area is 116 Å². The molecule has 1 atom stereocenters. The quantitative estimate of drug-likeness (QED) is 0.778. The van der Waals surface area contributed by atoms with Crippen LogP contribution < -0.4 is 0 Å². The van der Waals surface area contributed by atoms with E-state index in [-0.39, 0.29) is 0 Å². The number of rotatable bonds is 4. The number of nitrogens with zero attached hydrogens (tertiary/aromatic N) is 3. The van der Waals surface area contributed by atoms with Gasteiger partial charge in [0.1, 0.15) is 0 Å². The molecule has 0 amide bonds. The lowest BCUT2D eigenvalue weighted by molar-refractivity contribution is 0.138. The van der Waals surface area contributed by atoms with E-state index in [2.05, 4.69) is 4.90 Å². The molecule has 0 aromatic heterocycles. The van der Waals surface area contributed by atoms with Crippen molar-refractivity contribution in [3.63, 3.8) is 0 Å². The molecule has 1 saturated carbocycles. The summed E-state index contributed by atoms with van der Waals surface area (Å²) in [5.74, 6) is 0. The molecular weight excluding hydrogens is 262 g/mol. The van der Waals surface area contributed by atoms with E-state index in [1.807, 2.05) is 6.07 Å². The summed E-state index contributed by atoms with van der Waals surface area (Å²) in [5, 5.41) is 8.07. The standard InChI is InChI=1S/C13H23N3O2S/c1-2-13(11-14)19(17,18)16-9-7-15(8-10-16)12-5-3-4-6-12/h12-13H,2-10H2,1H3. The summed E-state index contributed by atoms with van der Waals surface area (Å²) in [4.78, 5) is 2.42. The van der Waals surface area contributed by atoms with Crippen LogP contribution in [0.15, 0.2) is 0 Å². The highest BCUT2D eigenvalue weighted by Crippen LogP contribution is 2.25. The second-order valence-corrected chi connectivity index (χ2v) is 7.56. The van der Waals surface area contributed by atoms with E-state index in [1.165, 1.54) is 30.0 Å².